The molecule has 158 valence electrons. The van der Waals surface area contributed by atoms with Crippen molar-refractivity contribution in [3.63, 3.8) is 0 Å². The maximum atomic E-state index is 12.7. The van der Waals surface area contributed by atoms with Crippen molar-refractivity contribution in [3.05, 3.63) is 41.9 Å². The molecule has 9 heteroatoms. The van der Waals surface area contributed by atoms with E-state index in [1.54, 1.807) is 24.4 Å². The van der Waals surface area contributed by atoms with Gasteiger partial charge in [-0.3, -0.25) is 20.4 Å². The SMILES string of the molecule is COc1cc(C(=O)NC2NC3CCC2CC3)ccc1NC(=O)Nc1cnc(C)cn1. The number of benzene rings is 1. The summed E-state index contributed by atoms with van der Waals surface area (Å²) in [6.45, 7) is 1.81. The number of hydrogen-bond donors (Lipinski definition) is 4. The minimum Gasteiger partial charge on any atom is -0.495 e. The molecule has 2 aromatic rings. The number of nitrogens with one attached hydrogen (secondary N) is 4. The Balaban J connectivity index is 1.40. The Morgan fingerprint density at radius 2 is 1.90 bits per heavy atom. The molecule has 2 saturated heterocycles. The average molecular weight is 410 g/mol. The molecule has 5 rings (SSSR count). The fourth-order valence-corrected chi connectivity index (χ4v) is 4.06. The minimum atomic E-state index is -0.480. The highest BCUT2D eigenvalue weighted by molar-refractivity contribution is 6.01. The van der Waals surface area contributed by atoms with Crippen LogP contribution in [0.15, 0.2) is 30.6 Å². The highest BCUT2D eigenvalue weighted by Gasteiger charge is 2.35. The van der Waals surface area contributed by atoms with Crippen molar-refractivity contribution in [2.75, 3.05) is 17.7 Å². The van der Waals surface area contributed by atoms with E-state index in [4.69, 9.17) is 4.74 Å². The quantitative estimate of drug-likeness (QED) is 0.602. The monoisotopic (exact) mass is 410 g/mol. The predicted molar refractivity (Wildman–Crippen MR) is 113 cm³/mol. The second kappa shape index (κ2) is 8.66. The molecule has 3 aliphatic rings. The van der Waals surface area contributed by atoms with Crippen molar-refractivity contribution in [1.29, 1.82) is 0 Å². The molecule has 1 atom stereocenters. The Kier molecular flexibility index (Phi) is 5.80. The van der Waals surface area contributed by atoms with Gasteiger partial charge in [0.15, 0.2) is 5.82 Å². The number of nitrogens with zero attached hydrogens (tertiary/aromatic N) is 2. The van der Waals surface area contributed by atoms with Gasteiger partial charge in [-0.1, -0.05) is 0 Å². The van der Waals surface area contributed by atoms with Gasteiger partial charge in [-0.2, -0.15) is 0 Å². The van der Waals surface area contributed by atoms with Gasteiger partial charge in [0.2, 0.25) is 0 Å². The maximum absolute atomic E-state index is 12.7. The van der Waals surface area contributed by atoms with E-state index in [1.807, 2.05) is 6.92 Å². The average Bonchev–Trinajstić information content (AvgIpc) is 2.76. The fraction of sp³-hybridized carbons (Fsp3) is 0.429. The van der Waals surface area contributed by atoms with E-state index in [0.29, 0.717) is 34.8 Å². The molecule has 1 aromatic carbocycles. The smallest absolute Gasteiger partial charge is 0.324 e. The second-order valence-electron chi connectivity index (χ2n) is 7.77. The van der Waals surface area contributed by atoms with Crippen molar-refractivity contribution < 1.29 is 14.3 Å². The Hall–Kier alpha value is -3.20. The van der Waals surface area contributed by atoms with Crippen LogP contribution in [-0.4, -0.2) is 41.2 Å². The largest absolute Gasteiger partial charge is 0.495 e. The lowest BCUT2D eigenvalue weighted by atomic mass is 9.79. The van der Waals surface area contributed by atoms with E-state index in [9.17, 15) is 9.59 Å². The summed E-state index contributed by atoms with van der Waals surface area (Å²) in [7, 11) is 1.49. The highest BCUT2D eigenvalue weighted by atomic mass is 16.5. The zero-order valence-electron chi connectivity index (χ0n) is 17.1. The van der Waals surface area contributed by atoms with E-state index in [0.717, 1.165) is 18.5 Å². The molecule has 3 fully saturated rings. The summed E-state index contributed by atoms with van der Waals surface area (Å²) in [6.07, 6.45) is 7.71. The molecule has 0 spiro atoms. The van der Waals surface area contributed by atoms with Gasteiger partial charge in [-0.05, 0) is 56.7 Å². The molecule has 2 bridgehead atoms. The van der Waals surface area contributed by atoms with Gasteiger partial charge in [0, 0.05) is 11.6 Å². The Morgan fingerprint density at radius 3 is 2.53 bits per heavy atom. The van der Waals surface area contributed by atoms with E-state index < -0.39 is 6.03 Å². The summed E-state index contributed by atoms with van der Waals surface area (Å²) >= 11 is 0. The summed E-state index contributed by atoms with van der Waals surface area (Å²) in [5.41, 5.74) is 1.68. The summed E-state index contributed by atoms with van der Waals surface area (Å²) in [4.78, 5) is 33.2. The van der Waals surface area contributed by atoms with E-state index >= 15 is 0 Å². The van der Waals surface area contributed by atoms with Crippen LogP contribution in [0.2, 0.25) is 0 Å². The van der Waals surface area contributed by atoms with Gasteiger partial charge >= 0.3 is 6.03 Å². The molecule has 4 N–H and O–H groups in total. The van der Waals surface area contributed by atoms with Crippen molar-refractivity contribution in [2.45, 2.75) is 44.8 Å². The number of hydrogen-bond acceptors (Lipinski definition) is 6. The lowest BCUT2D eigenvalue weighted by Crippen LogP contribution is -2.59. The second-order valence-corrected chi connectivity index (χ2v) is 7.77. The number of aryl methyl sites for hydroxylation is 1. The molecule has 2 aliphatic heterocycles. The number of fused-ring (bicyclic) bond motifs is 3. The van der Waals surface area contributed by atoms with Gasteiger partial charge < -0.3 is 15.4 Å². The van der Waals surface area contributed by atoms with Crippen LogP contribution in [0.1, 0.15) is 41.7 Å². The van der Waals surface area contributed by atoms with Gasteiger partial charge in [-0.25, -0.2) is 9.78 Å². The first-order valence-electron chi connectivity index (χ1n) is 10.1. The van der Waals surface area contributed by atoms with E-state index in [2.05, 4.69) is 31.2 Å². The summed E-state index contributed by atoms with van der Waals surface area (Å²) in [5.74, 6) is 1.05. The first-order valence-corrected chi connectivity index (χ1v) is 10.1. The van der Waals surface area contributed by atoms with Crippen molar-refractivity contribution in [1.82, 2.24) is 20.6 Å². The molecular weight excluding hydrogens is 384 g/mol. The topological polar surface area (TPSA) is 117 Å². The summed E-state index contributed by atoms with van der Waals surface area (Å²) in [5, 5.41) is 11.9. The number of piperidine rings is 2. The van der Waals surface area contributed by atoms with Crippen LogP contribution in [0.4, 0.5) is 16.3 Å². The Bertz CT molecular complexity index is 925. The van der Waals surface area contributed by atoms with Crippen molar-refractivity contribution >= 4 is 23.4 Å². The Morgan fingerprint density at radius 1 is 1.10 bits per heavy atom. The standard InChI is InChI=1S/C21H26N6O3/c1-12-10-23-18(11-22-12)26-21(29)25-16-8-5-14(9-17(16)30-2)20(28)27-19-13-3-6-15(24-19)7-4-13/h5,8-11,13,15,19,24H,3-4,6-7H2,1-2H3,(H,27,28)(H2,23,25,26,29). The minimum absolute atomic E-state index is 0.00944. The number of carbonyl (C=O) groups excluding carboxylic acids is 2. The molecule has 9 nitrogen and oxygen atoms in total. The molecule has 30 heavy (non-hydrogen) atoms. The summed E-state index contributed by atoms with van der Waals surface area (Å²) < 4.78 is 5.38. The normalized spacial score (nSPS) is 22.3. The van der Waals surface area contributed by atoms with Crippen LogP contribution in [0.3, 0.4) is 0 Å². The molecule has 1 aromatic heterocycles. The van der Waals surface area contributed by atoms with Crippen LogP contribution in [0.25, 0.3) is 0 Å². The molecule has 1 saturated carbocycles. The van der Waals surface area contributed by atoms with E-state index in [1.165, 1.54) is 26.1 Å². The van der Waals surface area contributed by atoms with Crippen LogP contribution in [-0.2, 0) is 0 Å². The van der Waals surface area contributed by atoms with Crippen molar-refractivity contribution in [2.24, 2.45) is 5.92 Å². The number of aromatic nitrogens is 2. The number of carbonyl (C=O) groups is 2. The lowest BCUT2D eigenvalue weighted by Gasteiger charge is -2.43. The molecule has 1 unspecified atom stereocenters. The Labute approximate surface area is 175 Å². The maximum Gasteiger partial charge on any atom is 0.324 e. The molecule has 1 aliphatic carbocycles. The van der Waals surface area contributed by atoms with Crippen LogP contribution in [0, 0.1) is 12.8 Å². The zero-order chi connectivity index (χ0) is 21.1. The van der Waals surface area contributed by atoms with Gasteiger partial charge in [0.1, 0.15) is 5.75 Å². The zero-order valence-corrected chi connectivity index (χ0v) is 17.1. The first kappa shape index (κ1) is 20.1. The molecule has 0 radical (unpaired) electrons. The number of rotatable bonds is 5. The van der Waals surface area contributed by atoms with Crippen LogP contribution < -0.4 is 26.0 Å². The third-order valence-electron chi connectivity index (χ3n) is 5.68. The number of anilines is 2. The number of methoxy groups -OCH3 is 1. The molecule has 3 heterocycles. The fourth-order valence-electron chi connectivity index (χ4n) is 4.06. The third-order valence-corrected chi connectivity index (χ3v) is 5.68. The lowest BCUT2D eigenvalue weighted by molar-refractivity contribution is 0.0802. The number of urea groups is 1. The third kappa shape index (κ3) is 4.51. The van der Waals surface area contributed by atoms with Crippen LogP contribution >= 0.6 is 0 Å². The van der Waals surface area contributed by atoms with Crippen LogP contribution in [0.5, 0.6) is 5.75 Å². The van der Waals surface area contributed by atoms with Gasteiger partial charge in [0.25, 0.3) is 5.91 Å². The van der Waals surface area contributed by atoms with Gasteiger partial charge in [0.05, 0.1) is 37.1 Å². The highest BCUT2D eigenvalue weighted by Crippen LogP contribution is 2.32. The summed E-state index contributed by atoms with van der Waals surface area (Å²) in [6, 6.07) is 4.95. The number of ether oxygens (including phenoxy) is 1. The first-order chi connectivity index (χ1) is 14.5. The van der Waals surface area contributed by atoms with Crippen molar-refractivity contribution in [3.8, 4) is 5.75 Å². The predicted octanol–water partition coefficient (Wildman–Crippen LogP) is 2.66. The van der Waals surface area contributed by atoms with Gasteiger partial charge in [-0.15, -0.1) is 0 Å². The molecule has 3 amide bonds. The van der Waals surface area contributed by atoms with E-state index in [-0.39, 0.29) is 12.1 Å². The molecular formula is C21H26N6O3. The number of amides is 3.